The van der Waals surface area contributed by atoms with Crippen LogP contribution in [0.1, 0.15) is 38.3 Å². The van der Waals surface area contributed by atoms with Gasteiger partial charge >= 0.3 is 0 Å². The predicted octanol–water partition coefficient (Wildman–Crippen LogP) is 2.75. The highest BCUT2D eigenvalue weighted by molar-refractivity contribution is 5.09. The van der Waals surface area contributed by atoms with Crippen LogP contribution in [0.15, 0.2) is 23.0 Å². The highest BCUT2D eigenvalue weighted by Gasteiger charge is 2.04. The van der Waals surface area contributed by atoms with Crippen molar-refractivity contribution in [3.05, 3.63) is 24.2 Å². The third kappa shape index (κ3) is 5.00. The van der Waals surface area contributed by atoms with Gasteiger partial charge in [-0.2, -0.15) is 0 Å². The van der Waals surface area contributed by atoms with Crippen LogP contribution >= 0.6 is 0 Å². The largest absolute Gasteiger partial charge is 0.472 e. The molecule has 1 heterocycles. The molecule has 0 saturated carbocycles. The summed E-state index contributed by atoms with van der Waals surface area (Å²) in [4.78, 5) is 0. The van der Waals surface area contributed by atoms with Crippen LogP contribution in [0, 0.1) is 0 Å². The Hall–Kier alpha value is -0.800. The molecule has 0 fully saturated rings. The lowest BCUT2D eigenvalue weighted by Crippen LogP contribution is -2.23. The van der Waals surface area contributed by atoms with Crippen molar-refractivity contribution in [1.29, 1.82) is 0 Å². The van der Waals surface area contributed by atoms with Crippen molar-refractivity contribution >= 4 is 0 Å². The van der Waals surface area contributed by atoms with Crippen molar-refractivity contribution in [2.75, 3.05) is 19.8 Å². The Bertz CT molecular complexity index is 234. The zero-order chi connectivity index (χ0) is 10.9. The molecule has 3 heteroatoms. The summed E-state index contributed by atoms with van der Waals surface area (Å²) in [7, 11) is 0. The van der Waals surface area contributed by atoms with E-state index in [1.54, 1.807) is 12.5 Å². The molecule has 0 saturated heterocycles. The monoisotopic (exact) mass is 211 g/mol. The summed E-state index contributed by atoms with van der Waals surface area (Å²) in [6, 6.07) is 2.31. The third-order valence-corrected chi connectivity index (χ3v) is 2.38. The number of unbranched alkanes of at least 4 members (excludes halogenated alkanes) is 1. The van der Waals surface area contributed by atoms with Crippen molar-refractivity contribution in [3.8, 4) is 0 Å². The van der Waals surface area contributed by atoms with E-state index in [-0.39, 0.29) is 0 Å². The highest BCUT2D eigenvalue weighted by atomic mass is 16.5. The Morgan fingerprint density at radius 1 is 1.47 bits per heavy atom. The van der Waals surface area contributed by atoms with Gasteiger partial charge in [-0.25, -0.2) is 0 Å². The normalized spacial score (nSPS) is 12.9. The molecule has 0 spiro atoms. The standard InChI is InChI=1S/C12H21NO2/c1-3-4-7-14-9-6-13-11(2)12-5-8-15-10-12/h5,8,10-11,13H,3-4,6-7,9H2,1-2H3. The minimum atomic E-state index is 0.332. The van der Waals surface area contributed by atoms with Gasteiger partial charge < -0.3 is 14.5 Å². The summed E-state index contributed by atoms with van der Waals surface area (Å²) < 4.78 is 10.5. The summed E-state index contributed by atoms with van der Waals surface area (Å²) in [5.74, 6) is 0. The first-order valence-corrected chi connectivity index (χ1v) is 5.67. The van der Waals surface area contributed by atoms with Crippen LogP contribution in [-0.4, -0.2) is 19.8 Å². The van der Waals surface area contributed by atoms with Crippen molar-refractivity contribution in [2.45, 2.75) is 32.7 Å². The van der Waals surface area contributed by atoms with Gasteiger partial charge in [0.25, 0.3) is 0 Å². The molecular weight excluding hydrogens is 190 g/mol. The van der Waals surface area contributed by atoms with E-state index in [2.05, 4.69) is 19.2 Å². The third-order valence-electron chi connectivity index (χ3n) is 2.38. The number of rotatable bonds is 8. The van der Waals surface area contributed by atoms with Crippen LogP contribution in [-0.2, 0) is 4.74 Å². The maximum Gasteiger partial charge on any atom is 0.0950 e. The molecular formula is C12H21NO2. The topological polar surface area (TPSA) is 34.4 Å². The fourth-order valence-electron chi connectivity index (χ4n) is 1.34. The smallest absolute Gasteiger partial charge is 0.0950 e. The first-order valence-electron chi connectivity index (χ1n) is 5.67. The van der Waals surface area contributed by atoms with E-state index >= 15 is 0 Å². The Kier molecular flexibility index (Phi) is 6.12. The zero-order valence-electron chi connectivity index (χ0n) is 9.66. The average molecular weight is 211 g/mol. The molecule has 1 rings (SSSR count). The SMILES string of the molecule is CCCCOCCNC(C)c1ccoc1. The maximum atomic E-state index is 5.46. The van der Waals surface area contributed by atoms with Gasteiger partial charge in [-0.15, -0.1) is 0 Å². The van der Waals surface area contributed by atoms with Gasteiger partial charge in [0.05, 0.1) is 19.1 Å². The van der Waals surface area contributed by atoms with Gasteiger partial charge in [-0.3, -0.25) is 0 Å². The number of hydrogen-bond acceptors (Lipinski definition) is 3. The Balaban J connectivity index is 2.00. The van der Waals surface area contributed by atoms with Crippen LogP contribution in [0.4, 0.5) is 0 Å². The lowest BCUT2D eigenvalue weighted by molar-refractivity contribution is 0.131. The van der Waals surface area contributed by atoms with Crippen LogP contribution in [0.3, 0.4) is 0 Å². The number of nitrogens with one attached hydrogen (secondary N) is 1. The van der Waals surface area contributed by atoms with E-state index in [9.17, 15) is 0 Å². The van der Waals surface area contributed by atoms with E-state index in [0.29, 0.717) is 6.04 Å². The van der Waals surface area contributed by atoms with Gasteiger partial charge in [-0.1, -0.05) is 13.3 Å². The summed E-state index contributed by atoms with van der Waals surface area (Å²) in [6.45, 7) is 6.83. The first-order chi connectivity index (χ1) is 7.34. The zero-order valence-corrected chi connectivity index (χ0v) is 9.66. The van der Waals surface area contributed by atoms with Crippen molar-refractivity contribution in [2.24, 2.45) is 0 Å². The lowest BCUT2D eigenvalue weighted by Gasteiger charge is -2.11. The van der Waals surface area contributed by atoms with Gasteiger partial charge in [0.1, 0.15) is 0 Å². The van der Waals surface area contributed by atoms with Crippen LogP contribution in [0.5, 0.6) is 0 Å². The summed E-state index contributed by atoms with van der Waals surface area (Å²) in [6.07, 6.45) is 5.82. The molecule has 1 aromatic rings. The summed E-state index contributed by atoms with van der Waals surface area (Å²) in [5, 5.41) is 3.38. The molecule has 0 radical (unpaired) electrons. The van der Waals surface area contributed by atoms with Crippen molar-refractivity contribution < 1.29 is 9.15 Å². The molecule has 3 nitrogen and oxygen atoms in total. The Labute approximate surface area is 91.8 Å². The molecule has 1 atom stereocenters. The number of ether oxygens (including phenoxy) is 1. The van der Waals surface area contributed by atoms with Gasteiger partial charge in [-0.05, 0) is 19.4 Å². The molecule has 0 aliphatic carbocycles. The number of hydrogen-bond donors (Lipinski definition) is 1. The summed E-state index contributed by atoms with van der Waals surface area (Å²) in [5.41, 5.74) is 1.18. The quantitative estimate of drug-likeness (QED) is 0.671. The molecule has 0 aliphatic heterocycles. The maximum absolute atomic E-state index is 5.46. The fourth-order valence-corrected chi connectivity index (χ4v) is 1.34. The predicted molar refractivity (Wildman–Crippen MR) is 60.9 cm³/mol. The van der Waals surface area contributed by atoms with E-state index < -0.39 is 0 Å². The van der Waals surface area contributed by atoms with E-state index in [0.717, 1.165) is 26.2 Å². The Morgan fingerprint density at radius 3 is 3.00 bits per heavy atom. The molecule has 86 valence electrons. The van der Waals surface area contributed by atoms with E-state index in [1.807, 2.05) is 6.07 Å². The molecule has 1 N–H and O–H groups in total. The molecule has 0 aromatic carbocycles. The molecule has 15 heavy (non-hydrogen) atoms. The van der Waals surface area contributed by atoms with Crippen molar-refractivity contribution in [1.82, 2.24) is 5.32 Å². The van der Waals surface area contributed by atoms with E-state index in [4.69, 9.17) is 9.15 Å². The fraction of sp³-hybridized carbons (Fsp3) is 0.667. The van der Waals surface area contributed by atoms with E-state index in [1.165, 1.54) is 12.0 Å². The first kappa shape index (κ1) is 12.3. The van der Waals surface area contributed by atoms with Crippen LogP contribution < -0.4 is 5.32 Å². The Morgan fingerprint density at radius 2 is 2.33 bits per heavy atom. The summed E-state index contributed by atoms with van der Waals surface area (Å²) >= 11 is 0. The molecule has 1 unspecified atom stereocenters. The minimum Gasteiger partial charge on any atom is -0.472 e. The second-order valence-electron chi connectivity index (χ2n) is 3.70. The highest BCUT2D eigenvalue weighted by Crippen LogP contribution is 2.11. The molecule has 1 aromatic heterocycles. The van der Waals surface area contributed by atoms with Crippen LogP contribution in [0.25, 0.3) is 0 Å². The lowest BCUT2D eigenvalue weighted by atomic mass is 10.2. The molecule has 0 amide bonds. The van der Waals surface area contributed by atoms with Crippen LogP contribution in [0.2, 0.25) is 0 Å². The second-order valence-corrected chi connectivity index (χ2v) is 3.70. The van der Waals surface area contributed by atoms with Gasteiger partial charge in [0.15, 0.2) is 0 Å². The van der Waals surface area contributed by atoms with Gasteiger partial charge in [0, 0.05) is 24.8 Å². The molecule has 0 aliphatic rings. The number of furan rings is 1. The molecule has 0 bridgehead atoms. The average Bonchev–Trinajstić information content (AvgIpc) is 2.76. The second kappa shape index (κ2) is 7.49. The minimum absolute atomic E-state index is 0.332. The van der Waals surface area contributed by atoms with Crippen molar-refractivity contribution in [3.63, 3.8) is 0 Å². The van der Waals surface area contributed by atoms with Gasteiger partial charge in [0.2, 0.25) is 0 Å².